The first-order valence-corrected chi connectivity index (χ1v) is 16.2. The normalized spacial score (nSPS) is 11.4. The van der Waals surface area contributed by atoms with Crippen LogP contribution in [-0.2, 0) is 0 Å². The standard InChI is InChI=1S/C46H31N/c1-2-10-32(11-3-1)34-18-20-35(21-19-34)36-22-25-38(26-23-36)47(39-27-24-33-12-4-5-13-37(33)30-39)40-28-29-45-43-16-7-6-14-41(43)42-15-8-9-17-44(42)46(45)31-40/h1-31H. The van der Waals surface area contributed by atoms with Crippen molar-refractivity contribution in [1.82, 2.24) is 0 Å². The summed E-state index contributed by atoms with van der Waals surface area (Å²) in [5.74, 6) is 0. The molecule has 0 N–H and O–H groups in total. The molecule has 9 rings (SSSR count). The van der Waals surface area contributed by atoms with E-state index in [4.69, 9.17) is 0 Å². The van der Waals surface area contributed by atoms with E-state index in [0.717, 1.165) is 17.1 Å². The van der Waals surface area contributed by atoms with Gasteiger partial charge in [0.2, 0.25) is 0 Å². The summed E-state index contributed by atoms with van der Waals surface area (Å²) in [5, 5.41) is 10.1. The van der Waals surface area contributed by atoms with Crippen molar-refractivity contribution in [2.45, 2.75) is 0 Å². The Kier molecular flexibility index (Phi) is 6.54. The first-order chi connectivity index (χ1) is 23.3. The van der Waals surface area contributed by atoms with Crippen molar-refractivity contribution in [3.63, 3.8) is 0 Å². The van der Waals surface area contributed by atoms with E-state index in [1.54, 1.807) is 0 Å². The molecule has 0 radical (unpaired) electrons. The van der Waals surface area contributed by atoms with E-state index < -0.39 is 0 Å². The number of rotatable bonds is 5. The van der Waals surface area contributed by atoms with E-state index in [-0.39, 0.29) is 0 Å². The van der Waals surface area contributed by atoms with Gasteiger partial charge in [0.05, 0.1) is 0 Å². The largest absolute Gasteiger partial charge is 0.310 e. The Balaban J connectivity index is 1.18. The lowest BCUT2D eigenvalue weighted by molar-refractivity contribution is 1.29. The van der Waals surface area contributed by atoms with E-state index >= 15 is 0 Å². The summed E-state index contributed by atoms with van der Waals surface area (Å²) in [6, 6.07) is 68.2. The zero-order valence-corrected chi connectivity index (χ0v) is 25.8. The molecule has 9 aromatic rings. The van der Waals surface area contributed by atoms with Crippen molar-refractivity contribution in [2.24, 2.45) is 0 Å². The average molecular weight is 598 g/mol. The summed E-state index contributed by atoms with van der Waals surface area (Å²) in [6.45, 7) is 0. The molecule has 0 aliphatic rings. The molecular formula is C46H31N. The van der Waals surface area contributed by atoms with Gasteiger partial charge in [-0.15, -0.1) is 0 Å². The molecule has 220 valence electrons. The fraction of sp³-hybridized carbons (Fsp3) is 0. The molecule has 0 heterocycles. The van der Waals surface area contributed by atoms with E-state index in [0.29, 0.717) is 0 Å². The van der Waals surface area contributed by atoms with Crippen LogP contribution in [0.1, 0.15) is 0 Å². The number of hydrogen-bond acceptors (Lipinski definition) is 1. The molecule has 1 nitrogen and oxygen atoms in total. The van der Waals surface area contributed by atoms with E-state index in [1.165, 1.54) is 65.3 Å². The van der Waals surface area contributed by atoms with Gasteiger partial charge >= 0.3 is 0 Å². The molecule has 1 heteroatoms. The Morgan fingerprint density at radius 2 is 0.638 bits per heavy atom. The second-order valence-corrected chi connectivity index (χ2v) is 12.2. The molecule has 0 aliphatic heterocycles. The average Bonchev–Trinajstić information content (AvgIpc) is 3.16. The molecule has 0 aromatic heterocycles. The molecule has 47 heavy (non-hydrogen) atoms. The summed E-state index contributed by atoms with van der Waals surface area (Å²) in [6.07, 6.45) is 0. The van der Waals surface area contributed by atoms with Crippen molar-refractivity contribution in [3.05, 3.63) is 188 Å². The minimum Gasteiger partial charge on any atom is -0.310 e. The third-order valence-corrected chi connectivity index (χ3v) is 9.43. The smallest absolute Gasteiger partial charge is 0.0468 e. The third-order valence-electron chi connectivity index (χ3n) is 9.43. The minimum atomic E-state index is 1.12. The van der Waals surface area contributed by atoms with Gasteiger partial charge in [0.15, 0.2) is 0 Å². The van der Waals surface area contributed by atoms with E-state index in [9.17, 15) is 0 Å². The monoisotopic (exact) mass is 597 g/mol. The Labute approximate surface area is 274 Å². The van der Waals surface area contributed by atoms with Crippen LogP contribution in [-0.4, -0.2) is 0 Å². The highest BCUT2D eigenvalue weighted by Crippen LogP contribution is 2.41. The van der Waals surface area contributed by atoms with Crippen LogP contribution in [0.25, 0.3) is 65.3 Å². The molecular weight excluding hydrogens is 567 g/mol. The van der Waals surface area contributed by atoms with Crippen LogP contribution in [0.2, 0.25) is 0 Å². The maximum Gasteiger partial charge on any atom is 0.0468 e. The predicted octanol–water partition coefficient (Wildman–Crippen LogP) is 13.1. The first kappa shape index (κ1) is 27.2. The molecule has 0 aliphatic carbocycles. The molecule has 0 saturated carbocycles. The second kappa shape index (κ2) is 11.3. The number of fused-ring (bicyclic) bond motifs is 7. The molecule has 0 spiro atoms. The first-order valence-electron chi connectivity index (χ1n) is 16.2. The molecule has 0 saturated heterocycles. The van der Waals surface area contributed by atoms with Gasteiger partial charge in [0, 0.05) is 17.1 Å². The Bertz CT molecular complexity index is 2510. The predicted molar refractivity (Wildman–Crippen MR) is 202 cm³/mol. The SMILES string of the molecule is c1ccc(-c2ccc(-c3ccc(N(c4ccc5ccccc5c4)c4ccc5c6ccccc6c6ccccc6c5c4)cc3)cc2)cc1. The number of anilines is 3. The van der Waals surface area contributed by atoms with E-state index in [2.05, 4.69) is 193 Å². The van der Waals surface area contributed by atoms with Crippen molar-refractivity contribution < 1.29 is 0 Å². The molecule has 0 amide bonds. The highest BCUT2D eigenvalue weighted by atomic mass is 15.1. The van der Waals surface area contributed by atoms with Gasteiger partial charge in [-0.05, 0) is 102 Å². The number of hydrogen-bond donors (Lipinski definition) is 0. The lowest BCUT2D eigenvalue weighted by Gasteiger charge is -2.27. The maximum absolute atomic E-state index is 2.39. The van der Waals surface area contributed by atoms with Crippen LogP contribution in [0, 0.1) is 0 Å². The van der Waals surface area contributed by atoms with Gasteiger partial charge in [0.25, 0.3) is 0 Å². The van der Waals surface area contributed by atoms with Crippen molar-refractivity contribution in [1.29, 1.82) is 0 Å². The number of nitrogens with zero attached hydrogens (tertiary/aromatic N) is 1. The Hall–Kier alpha value is -6.18. The van der Waals surface area contributed by atoms with Gasteiger partial charge in [-0.1, -0.05) is 152 Å². The molecule has 0 fully saturated rings. The van der Waals surface area contributed by atoms with Gasteiger partial charge in [-0.2, -0.15) is 0 Å². The summed E-state index contributed by atoms with van der Waals surface area (Å²) in [7, 11) is 0. The van der Waals surface area contributed by atoms with Gasteiger partial charge < -0.3 is 4.90 Å². The lowest BCUT2D eigenvalue weighted by atomic mass is 9.94. The molecule has 0 bridgehead atoms. The van der Waals surface area contributed by atoms with Crippen LogP contribution in [0.15, 0.2) is 188 Å². The van der Waals surface area contributed by atoms with Crippen molar-refractivity contribution >= 4 is 60.2 Å². The quantitative estimate of drug-likeness (QED) is 0.178. The summed E-state index contributed by atoms with van der Waals surface area (Å²) in [5.41, 5.74) is 8.25. The zero-order chi connectivity index (χ0) is 31.2. The Morgan fingerprint density at radius 1 is 0.234 bits per heavy atom. The van der Waals surface area contributed by atoms with Crippen molar-refractivity contribution in [3.8, 4) is 22.3 Å². The summed E-state index contributed by atoms with van der Waals surface area (Å²) < 4.78 is 0. The fourth-order valence-corrected chi connectivity index (χ4v) is 7.09. The zero-order valence-electron chi connectivity index (χ0n) is 25.8. The highest BCUT2D eigenvalue weighted by molar-refractivity contribution is 6.25. The summed E-state index contributed by atoms with van der Waals surface area (Å²) >= 11 is 0. The van der Waals surface area contributed by atoms with Crippen LogP contribution in [0.5, 0.6) is 0 Å². The lowest BCUT2D eigenvalue weighted by Crippen LogP contribution is -2.10. The van der Waals surface area contributed by atoms with Gasteiger partial charge in [-0.3, -0.25) is 0 Å². The van der Waals surface area contributed by atoms with Crippen molar-refractivity contribution in [2.75, 3.05) is 4.90 Å². The van der Waals surface area contributed by atoms with Crippen LogP contribution >= 0.6 is 0 Å². The molecule has 0 atom stereocenters. The minimum absolute atomic E-state index is 1.12. The summed E-state index contributed by atoms with van der Waals surface area (Å²) in [4.78, 5) is 2.39. The second-order valence-electron chi connectivity index (χ2n) is 12.2. The van der Waals surface area contributed by atoms with Gasteiger partial charge in [-0.25, -0.2) is 0 Å². The van der Waals surface area contributed by atoms with Crippen LogP contribution in [0.3, 0.4) is 0 Å². The number of benzene rings is 9. The third kappa shape index (κ3) is 4.81. The molecule has 0 unspecified atom stereocenters. The fourth-order valence-electron chi connectivity index (χ4n) is 7.09. The topological polar surface area (TPSA) is 3.24 Å². The highest BCUT2D eigenvalue weighted by Gasteiger charge is 2.16. The van der Waals surface area contributed by atoms with Gasteiger partial charge in [0.1, 0.15) is 0 Å². The Morgan fingerprint density at radius 3 is 1.26 bits per heavy atom. The maximum atomic E-state index is 2.39. The molecule has 9 aromatic carbocycles. The van der Waals surface area contributed by atoms with E-state index in [1.807, 2.05) is 0 Å². The van der Waals surface area contributed by atoms with Crippen LogP contribution in [0.4, 0.5) is 17.1 Å². The van der Waals surface area contributed by atoms with Crippen LogP contribution < -0.4 is 4.90 Å².